The van der Waals surface area contributed by atoms with Gasteiger partial charge in [0, 0.05) is 58.0 Å². The number of alkyl halides is 3. The van der Waals surface area contributed by atoms with Crippen molar-refractivity contribution in [2.24, 2.45) is 0 Å². The number of nitrogens with zero attached hydrogens (tertiary/aromatic N) is 5. The number of anilines is 2. The van der Waals surface area contributed by atoms with E-state index in [1.807, 2.05) is 11.0 Å². The van der Waals surface area contributed by atoms with Crippen molar-refractivity contribution in [1.82, 2.24) is 30.2 Å². The monoisotopic (exact) mass is 630 g/mol. The van der Waals surface area contributed by atoms with Gasteiger partial charge in [-0.15, -0.1) is 5.10 Å². The molecule has 1 saturated heterocycles. The van der Waals surface area contributed by atoms with Gasteiger partial charge in [0.1, 0.15) is 11.3 Å². The summed E-state index contributed by atoms with van der Waals surface area (Å²) in [6, 6.07) is 2.56. The number of Topliss-reactive ketones (excluding diaryl/α,β-unsaturated/α-hetero) is 1. The van der Waals surface area contributed by atoms with Crippen molar-refractivity contribution in [3.63, 3.8) is 0 Å². The van der Waals surface area contributed by atoms with E-state index < -0.39 is 17.8 Å². The molecule has 0 atom stereocenters. The Morgan fingerprint density at radius 2 is 1.91 bits per heavy atom. The van der Waals surface area contributed by atoms with Crippen LogP contribution in [0.3, 0.4) is 0 Å². The smallest absolute Gasteiger partial charge is 0.417 e. The second kappa shape index (κ2) is 15.3. The van der Waals surface area contributed by atoms with Gasteiger partial charge >= 0.3 is 12.3 Å². The molecule has 0 saturated carbocycles. The molecule has 3 aromatic heterocycles. The fourth-order valence-corrected chi connectivity index (χ4v) is 4.50. The topological polar surface area (TPSA) is 152 Å². The highest BCUT2D eigenvalue weighted by Crippen LogP contribution is 2.37. The standard InChI is InChI=1S/C29H33F3N8O5/c1-3-5-20(41)6-7-25(42)34-9-8-33-16-19-14-23-27(39-10-12-44-13-11-39)37-26(38-40(23)18-19)21-17-35-24(36-28(43)45-4-2)15-22(21)29(30,31)32/h14-15,17-18,33H,4,6-13,16H2,1-2H3,(H,34,42)(H,35,36,43). The van der Waals surface area contributed by atoms with Crippen LogP contribution in [0.25, 0.3) is 16.9 Å². The average Bonchev–Trinajstić information content (AvgIpc) is 3.42. The van der Waals surface area contributed by atoms with Crippen molar-refractivity contribution in [3.8, 4) is 23.2 Å². The summed E-state index contributed by atoms with van der Waals surface area (Å²) >= 11 is 0. The molecular weight excluding hydrogens is 597 g/mol. The minimum Gasteiger partial charge on any atom is -0.450 e. The maximum absolute atomic E-state index is 14.2. The normalized spacial score (nSPS) is 13.2. The molecule has 0 unspecified atom stereocenters. The van der Waals surface area contributed by atoms with E-state index in [0.29, 0.717) is 57.3 Å². The van der Waals surface area contributed by atoms with Crippen LogP contribution >= 0.6 is 0 Å². The number of carbonyl (C=O) groups excluding carboxylic acids is 3. The van der Waals surface area contributed by atoms with Crippen molar-refractivity contribution >= 4 is 34.9 Å². The fraction of sp³-hybridized carbons (Fsp3) is 0.448. The van der Waals surface area contributed by atoms with E-state index in [0.717, 1.165) is 17.8 Å². The van der Waals surface area contributed by atoms with E-state index in [4.69, 9.17) is 9.47 Å². The average molecular weight is 631 g/mol. The number of amides is 2. The Hall–Kier alpha value is -4.75. The Morgan fingerprint density at radius 3 is 2.62 bits per heavy atom. The maximum Gasteiger partial charge on any atom is 0.417 e. The molecule has 0 radical (unpaired) electrons. The third-order valence-corrected chi connectivity index (χ3v) is 6.56. The van der Waals surface area contributed by atoms with Crippen LogP contribution in [-0.4, -0.2) is 83.4 Å². The fourth-order valence-electron chi connectivity index (χ4n) is 4.50. The molecule has 0 bridgehead atoms. The summed E-state index contributed by atoms with van der Waals surface area (Å²) in [5.41, 5.74) is -0.0573. The molecule has 4 rings (SSSR count). The highest BCUT2D eigenvalue weighted by Gasteiger charge is 2.36. The quantitative estimate of drug-likeness (QED) is 0.155. The summed E-state index contributed by atoms with van der Waals surface area (Å²) < 4.78 is 54.3. The summed E-state index contributed by atoms with van der Waals surface area (Å²) in [5, 5.41) is 12.5. The second-order valence-electron chi connectivity index (χ2n) is 9.82. The third-order valence-electron chi connectivity index (χ3n) is 6.56. The van der Waals surface area contributed by atoms with E-state index in [1.54, 1.807) is 20.0 Å². The summed E-state index contributed by atoms with van der Waals surface area (Å²) in [4.78, 5) is 45.6. The number of carbonyl (C=O) groups is 3. The second-order valence-corrected chi connectivity index (χ2v) is 9.82. The Kier molecular flexibility index (Phi) is 11.3. The van der Waals surface area contributed by atoms with Gasteiger partial charge in [0.05, 0.1) is 30.9 Å². The predicted octanol–water partition coefficient (Wildman–Crippen LogP) is 2.79. The minimum absolute atomic E-state index is 0.0396. The van der Waals surface area contributed by atoms with Gasteiger partial charge in [-0.3, -0.25) is 14.9 Å². The summed E-state index contributed by atoms with van der Waals surface area (Å²) in [6.07, 6.45) is -2.96. The molecule has 4 heterocycles. The number of hydrogen-bond donors (Lipinski definition) is 3. The van der Waals surface area contributed by atoms with Crippen LogP contribution in [0, 0.1) is 11.8 Å². The number of fused-ring (bicyclic) bond motifs is 1. The zero-order valence-electron chi connectivity index (χ0n) is 24.8. The molecule has 1 fully saturated rings. The SMILES string of the molecule is CC#CC(=O)CCC(=O)NCCNCc1cc2c(N3CCOCC3)nc(-c3cnc(NC(=O)OCC)cc3C(F)(F)F)nn2c1. The molecule has 13 nitrogen and oxygen atoms in total. The third kappa shape index (κ3) is 9.13. The molecule has 3 N–H and O–H groups in total. The molecule has 240 valence electrons. The number of pyridine rings is 1. The van der Waals surface area contributed by atoms with E-state index in [1.165, 1.54) is 4.52 Å². The lowest BCUT2D eigenvalue weighted by Crippen LogP contribution is -2.37. The lowest BCUT2D eigenvalue weighted by molar-refractivity contribution is -0.137. The predicted molar refractivity (Wildman–Crippen MR) is 157 cm³/mol. The number of rotatable bonds is 12. The number of aromatic nitrogens is 4. The van der Waals surface area contributed by atoms with Crippen LogP contribution < -0.4 is 20.9 Å². The van der Waals surface area contributed by atoms with Gasteiger partial charge in [-0.1, -0.05) is 5.92 Å². The molecule has 16 heteroatoms. The molecule has 2 amide bonds. The number of ketones is 1. The number of morpholine rings is 1. The first-order valence-corrected chi connectivity index (χ1v) is 14.3. The number of nitrogens with one attached hydrogen (secondary N) is 3. The van der Waals surface area contributed by atoms with Gasteiger partial charge < -0.3 is 25.0 Å². The summed E-state index contributed by atoms with van der Waals surface area (Å²) in [5.74, 6) is 4.26. The van der Waals surface area contributed by atoms with Crippen LogP contribution in [0.4, 0.5) is 29.6 Å². The highest BCUT2D eigenvalue weighted by atomic mass is 19.4. The highest BCUT2D eigenvalue weighted by molar-refractivity contribution is 5.97. The molecule has 0 aliphatic carbocycles. The molecule has 1 aliphatic heterocycles. The summed E-state index contributed by atoms with van der Waals surface area (Å²) in [7, 11) is 0. The van der Waals surface area contributed by atoms with Crippen LogP contribution in [-0.2, 0) is 31.8 Å². The van der Waals surface area contributed by atoms with Crippen molar-refractivity contribution in [2.75, 3.05) is 56.2 Å². The molecule has 45 heavy (non-hydrogen) atoms. The Morgan fingerprint density at radius 1 is 1.13 bits per heavy atom. The zero-order chi connectivity index (χ0) is 32.4. The van der Waals surface area contributed by atoms with Crippen LogP contribution in [0.2, 0.25) is 0 Å². The van der Waals surface area contributed by atoms with Crippen LogP contribution in [0.15, 0.2) is 24.5 Å². The van der Waals surface area contributed by atoms with Crippen molar-refractivity contribution < 1.29 is 37.0 Å². The number of halogens is 3. The van der Waals surface area contributed by atoms with Gasteiger partial charge in [-0.2, -0.15) is 13.2 Å². The van der Waals surface area contributed by atoms with Crippen molar-refractivity contribution in [3.05, 3.63) is 35.7 Å². The lowest BCUT2D eigenvalue weighted by atomic mass is 10.1. The molecular formula is C29H33F3N8O5. The van der Waals surface area contributed by atoms with Crippen LogP contribution in [0.5, 0.6) is 0 Å². The van der Waals surface area contributed by atoms with E-state index in [-0.39, 0.29) is 48.3 Å². The van der Waals surface area contributed by atoms with Gasteiger partial charge in [-0.25, -0.2) is 19.3 Å². The molecule has 3 aromatic rings. The molecule has 1 aliphatic rings. The largest absolute Gasteiger partial charge is 0.450 e. The van der Waals surface area contributed by atoms with Gasteiger partial charge in [-0.05, 0) is 37.5 Å². The Labute approximate surface area is 256 Å². The Bertz CT molecular complexity index is 1590. The first kappa shape index (κ1) is 33.1. The Balaban J connectivity index is 1.54. The van der Waals surface area contributed by atoms with Crippen LogP contribution in [0.1, 0.15) is 37.8 Å². The van der Waals surface area contributed by atoms with E-state index >= 15 is 0 Å². The molecule has 0 aromatic carbocycles. The molecule has 0 spiro atoms. The van der Waals surface area contributed by atoms with Crippen molar-refractivity contribution in [2.45, 2.75) is 39.4 Å². The van der Waals surface area contributed by atoms with Gasteiger partial charge in [0.25, 0.3) is 0 Å². The lowest BCUT2D eigenvalue weighted by Gasteiger charge is -2.28. The van der Waals surface area contributed by atoms with E-state index in [2.05, 4.69) is 42.9 Å². The first-order valence-electron chi connectivity index (χ1n) is 14.3. The minimum atomic E-state index is -4.80. The maximum atomic E-state index is 14.2. The van der Waals surface area contributed by atoms with Gasteiger partial charge in [0.2, 0.25) is 11.7 Å². The number of ether oxygens (including phenoxy) is 2. The van der Waals surface area contributed by atoms with Gasteiger partial charge in [0.15, 0.2) is 11.6 Å². The zero-order valence-corrected chi connectivity index (χ0v) is 24.8. The van der Waals surface area contributed by atoms with Crippen molar-refractivity contribution in [1.29, 1.82) is 0 Å². The summed E-state index contributed by atoms with van der Waals surface area (Å²) in [6.45, 7) is 6.12. The first-order chi connectivity index (χ1) is 21.6. The van der Waals surface area contributed by atoms with E-state index in [9.17, 15) is 27.6 Å². The number of hydrogen-bond acceptors (Lipinski definition) is 10.